The second kappa shape index (κ2) is 4.21. The molecule has 0 saturated heterocycles. The number of hydrogen-bond donors (Lipinski definition) is 1. The second-order valence-corrected chi connectivity index (χ2v) is 5.92. The van der Waals surface area contributed by atoms with Crippen LogP contribution in [0, 0.1) is 5.92 Å². The summed E-state index contributed by atoms with van der Waals surface area (Å²) >= 11 is 1.88. The molecule has 1 unspecified atom stereocenters. The van der Waals surface area contributed by atoms with Crippen molar-refractivity contribution in [2.24, 2.45) is 5.92 Å². The molecule has 3 heteroatoms. The van der Waals surface area contributed by atoms with Crippen LogP contribution in [0.1, 0.15) is 25.7 Å². The number of thioether (sulfide) groups is 1. The Morgan fingerprint density at radius 2 is 2.06 bits per heavy atom. The van der Waals surface area contributed by atoms with Gasteiger partial charge in [0.15, 0.2) is 0 Å². The first kappa shape index (κ1) is 10.3. The van der Waals surface area contributed by atoms with E-state index in [1.807, 2.05) is 23.9 Å². The Kier molecular flexibility index (Phi) is 2.72. The summed E-state index contributed by atoms with van der Waals surface area (Å²) in [4.78, 5) is 1.10. The first-order valence-electron chi connectivity index (χ1n) is 5.95. The Hall–Kier alpha value is -0.830. The zero-order valence-electron chi connectivity index (χ0n) is 9.19. The van der Waals surface area contributed by atoms with Crippen molar-refractivity contribution in [2.75, 3.05) is 6.61 Å². The van der Waals surface area contributed by atoms with Crippen LogP contribution in [-0.2, 0) is 0 Å². The molecule has 3 rings (SSSR count). The van der Waals surface area contributed by atoms with E-state index in [1.54, 1.807) is 6.07 Å². The number of benzene rings is 1. The normalized spacial score (nSPS) is 25.1. The molecule has 1 heterocycles. The number of rotatable bonds is 1. The third-order valence-electron chi connectivity index (χ3n) is 3.53. The molecule has 2 nitrogen and oxygen atoms in total. The first-order valence-corrected chi connectivity index (χ1v) is 6.83. The molecule has 0 amide bonds. The third kappa shape index (κ3) is 1.88. The van der Waals surface area contributed by atoms with Gasteiger partial charge in [-0.25, -0.2) is 0 Å². The Labute approximate surface area is 100 Å². The molecule has 1 fully saturated rings. The quantitative estimate of drug-likeness (QED) is 0.810. The van der Waals surface area contributed by atoms with Crippen LogP contribution >= 0.6 is 11.8 Å². The van der Waals surface area contributed by atoms with E-state index in [9.17, 15) is 5.11 Å². The Bertz CT molecular complexity index is 386. The van der Waals surface area contributed by atoms with Crippen molar-refractivity contribution < 1.29 is 9.84 Å². The van der Waals surface area contributed by atoms with Crippen molar-refractivity contribution in [3.8, 4) is 11.5 Å². The molecule has 1 aliphatic heterocycles. The molecule has 1 atom stereocenters. The van der Waals surface area contributed by atoms with E-state index in [1.165, 1.54) is 25.7 Å². The highest BCUT2D eigenvalue weighted by Crippen LogP contribution is 2.44. The van der Waals surface area contributed by atoms with Gasteiger partial charge in [0.2, 0.25) is 0 Å². The smallest absolute Gasteiger partial charge is 0.133 e. The molecule has 1 aromatic carbocycles. The Balaban J connectivity index is 1.79. The highest BCUT2D eigenvalue weighted by Gasteiger charge is 2.30. The van der Waals surface area contributed by atoms with E-state index in [-0.39, 0.29) is 0 Å². The summed E-state index contributed by atoms with van der Waals surface area (Å²) in [6.45, 7) is 0.826. The average Bonchev–Trinajstić information content (AvgIpc) is 2.81. The van der Waals surface area contributed by atoms with Crippen LogP contribution < -0.4 is 4.74 Å². The standard InChI is InChI=1S/C13H16O2S/c14-10-5-6-11-12(7-10)16-13(8-15-11)9-3-1-2-4-9/h5-7,9,13-14H,1-4,8H2. The van der Waals surface area contributed by atoms with Crippen molar-refractivity contribution in [2.45, 2.75) is 35.8 Å². The molecule has 1 N–H and O–H groups in total. The zero-order valence-corrected chi connectivity index (χ0v) is 10.0. The highest BCUT2D eigenvalue weighted by atomic mass is 32.2. The number of phenols is 1. The lowest BCUT2D eigenvalue weighted by atomic mass is 10.0. The lowest BCUT2D eigenvalue weighted by Crippen LogP contribution is -2.25. The van der Waals surface area contributed by atoms with E-state index < -0.39 is 0 Å². The van der Waals surface area contributed by atoms with Gasteiger partial charge < -0.3 is 9.84 Å². The molecule has 0 spiro atoms. The minimum atomic E-state index is 0.335. The molecule has 0 aromatic heterocycles. The monoisotopic (exact) mass is 236 g/mol. The number of fused-ring (bicyclic) bond motifs is 1. The summed E-state index contributed by atoms with van der Waals surface area (Å²) in [5, 5.41) is 10.1. The predicted octanol–water partition coefficient (Wildman–Crippen LogP) is 3.44. The van der Waals surface area contributed by atoms with Crippen molar-refractivity contribution in [1.82, 2.24) is 0 Å². The summed E-state index contributed by atoms with van der Waals surface area (Å²) in [5.41, 5.74) is 0. The Morgan fingerprint density at radius 3 is 2.88 bits per heavy atom. The van der Waals surface area contributed by atoms with Gasteiger partial charge in [0, 0.05) is 5.25 Å². The van der Waals surface area contributed by atoms with Crippen LogP contribution in [-0.4, -0.2) is 17.0 Å². The van der Waals surface area contributed by atoms with Crippen LogP contribution in [0.15, 0.2) is 23.1 Å². The zero-order chi connectivity index (χ0) is 11.0. The molecule has 2 aliphatic rings. The topological polar surface area (TPSA) is 29.5 Å². The van der Waals surface area contributed by atoms with Gasteiger partial charge in [0.25, 0.3) is 0 Å². The summed E-state index contributed by atoms with van der Waals surface area (Å²) in [5.74, 6) is 2.07. The lowest BCUT2D eigenvalue weighted by Gasteiger charge is -2.28. The van der Waals surface area contributed by atoms with Crippen molar-refractivity contribution in [3.05, 3.63) is 18.2 Å². The van der Waals surface area contributed by atoms with Crippen molar-refractivity contribution in [1.29, 1.82) is 0 Å². The summed E-state index contributed by atoms with van der Waals surface area (Å²) in [6.07, 6.45) is 5.42. The summed E-state index contributed by atoms with van der Waals surface area (Å²) in [6, 6.07) is 5.37. The van der Waals surface area contributed by atoms with Crippen LogP contribution in [0.2, 0.25) is 0 Å². The van der Waals surface area contributed by atoms with Gasteiger partial charge in [-0.05, 0) is 37.0 Å². The largest absolute Gasteiger partial charge is 0.508 e. The molecule has 0 radical (unpaired) electrons. The number of hydrogen-bond acceptors (Lipinski definition) is 3. The van der Waals surface area contributed by atoms with E-state index in [2.05, 4.69) is 0 Å². The Morgan fingerprint density at radius 1 is 1.25 bits per heavy atom. The van der Waals surface area contributed by atoms with Gasteiger partial charge in [-0.3, -0.25) is 0 Å². The maximum atomic E-state index is 9.47. The average molecular weight is 236 g/mol. The summed E-state index contributed by atoms with van der Waals surface area (Å²) < 4.78 is 5.77. The van der Waals surface area contributed by atoms with E-state index in [4.69, 9.17) is 4.74 Å². The van der Waals surface area contributed by atoms with E-state index >= 15 is 0 Å². The third-order valence-corrected chi connectivity index (χ3v) is 4.93. The second-order valence-electron chi connectivity index (χ2n) is 4.64. The molecular weight excluding hydrogens is 220 g/mol. The molecule has 16 heavy (non-hydrogen) atoms. The van der Waals surface area contributed by atoms with Gasteiger partial charge in [0.05, 0.1) is 4.90 Å². The molecular formula is C13H16O2S. The van der Waals surface area contributed by atoms with Gasteiger partial charge in [0.1, 0.15) is 18.1 Å². The lowest BCUT2D eigenvalue weighted by molar-refractivity contribution is 0.272. The van der Waals surface area contributed by atoms with Crippen molar-refractivity contribution in [3.63, 3.8) is 0 Å². The molecule has 86 valence electrons. The summed E-state index contributed by atoms with van der Waals surface area (Å²) in [7, 11) is 0. The molecule has 0 bridgehead atoms. The van der Waals surface area contributed by atoms with Crippen LogP contribution in [0.4, 0.5) is 0 Å². The van der Waals surface area contributed by atoms with Crippen LogP contribution in [0.3, 0.4) is 0 Å². The highest BCUT2D eigenvalue weighted by molar-refractivity contribution is 8.00. The first-order chi connectivity index (χ1) is 7.83. The van der Waals surface area contributed by atoms with E-state index in [0.717, 1.165) is 23.2 Å². The SMILES string of the molecule is Oc1ccc2c(c1)SC(C1CCCC1)CO2. The predicted molar refractivity (Wildman–Crippen MR) is 65.2 cm³/mol. The number of aromatic hydroxyl groups is 1. The molecule has 1 saturated carbocycles. The molecule has 1 aromatic rings. The van der Waals surface area contributed by atoms with Gasteiger partial charge >= 0.3 is 0 Å². The molecule has 1 aliphatic carbocycles. The van der Waals surface area contributed by atoms with E-state index in [0.29, 0.717) is 11.0 Å². The minimum Gasteiger partial charge on any atom is -0.508 e. The minimum absolute atomic E-state index is 0.335. The maximum absolute atomic E-state index is 9.47. The fourth-order valence-electron chi connectivity index (χ4n) is 2.64. The fourth-order valence-corrected chi connectivity index (χ4v) is 4.00. The van der Waals surface area contributed by atoms with Gasteiger partial charge in [-0.15, -0.1) is 11.8 Å². The van der Waals surface area contributed by atoms with Crippen molar-refractivity contribution >= 4 is 11.8 Å². The van der Waals surface area contributed by atoms with Crippen LogP contribution in [0.25, 0.3) is 0 Å². The van der Waals surface area contributed by atoms with Gasteiger partial charge in [-0.2, -0.15) is 0 Å². The maximum Gasteiger partial charge on any atom is 0.133 e. The number of phenolic OH excluding ortho intramolecular Hbond substituents is 1. The number of ether oxygens (including phenoxy) is 1. The van der Waals surface area contributed by atoms with Gasteiger partial charge in [-0.1, -0.05) is 12.8 Å². The fraction of sp³-hybridized carbons (Fsp3) is 0.538. The van der Waals surface area contributed by atoms with Crippen LogP contribution in [0.5, 0.6) is 11.5 Å².